The summed E-state index contributed by atoms with van der Waals surface area (Å²) in [5, 5.41) is 0. The standard InChI is InChI=1S/C19H28N2O/c1-15-7-8-16(2)18(13-15)14-20-9-11-21(12-10-20)19(22)17-5-3-4-6-17/h7-8,13,17H,3-6,9-12,14H2,1-2H3. The molecular weight excluding hydrogens is 272 g/mol. The summed E-state index contributed by atoms with van der Waals surface area (Å²) in [6.45, 7) is 9.17. The summed E-state index contributed by atoms with van der Waals surface area (Å²) in [7, 11) is 0. The van der Waals surface area contributed by atoms with Gasteiger partial charge in [-0.3, -0.25) is 9.69 Å². The molecule has 1 aliphatic heterocycles. The highest BCUT2D eigenvalue weighted by molar-refractivity contribution is 5.79. The van der Waals surface area contributed by atoms with Gasteiger partial charge in [0, 0.05) is 38.6 Å². The fourth-order valence-electron chi connectivity index (χ4n) is 3.77. The number of hydrogen-bond donors (Lipinski definition) is 0. The van der Waals surface area contributed by atoms with Gasteiger partial charge in [0.1, 0.15) is 0 Å². The maximum absolute atomic E-state index is 12.5. The Kier molecular flexibility index (Phi) is 4.82. The van der Waals surface area contributed by atoms with Crippen LogP contribution >= 0.6 is 0 Å². The van der Waals surface area contributed by atoms with Crippen molar-refractivity contribution in [3.63, 3.8) is 0 Å². The van der Waals surface area contributed by atoms with Gasteiger partial charge in [-0.05, 0) is 37.8 Å². The second-order valence-electron chi connectivity index (χ2n) is 7.01. The van der Waals surface area contributed by atoms with E-state index in [0.717, 1.165) is 45.6 Å². The minimum atomic E-state index is 0.325. The Morgan fingerprint density at radius 2 is 1.77 bits per heavy atom. The second kappa shape index (κ2) is 6.82. The first kappa shape index (κ1) is 15.5. The van der Waals surface area contributed by atoms with Crippen molar-refractivity contribution in [3.8, 4) is 0 Å². The summed E-state index contributed by atoms with van der Waals surface area (Å²) in [5.74, 6) is 0.745. The molecule has 0 aromatic heterocycles. The highest BCUT2D eigenvalue weighted by atomic mass is 16.2. The molecule has 1 amide bonds. The van der Waals surface area contributed by atoms with Gasteiger partial charge in [0.05, 0.1) is 0 Å². The first-order valence-electron chi connectivity index (χ1n) is 8.71. The zero-order valence-corrected chi connectivity index (χ0v) is 14.0. The molecule has 22 heavy (non-hydrogen) atoms. The van der Waals surface area contributed by atoms with Gasteiger partial charge in [0.2, 0.25) is 5.91 Å². The normalized spacial score (nSPS) is 20.5. The lowest BCUT2D eigenvalue weighted by atomic mass is 10.0. The molecule has 0 atom stereocenters. The molecule has 120 valence electrons. The lowest BCUT2D eigenvalue weighted by Crippen LogP contribution is -2.49. The van der Waals surface area contributed by atoms with Crippen molar-refractivity contribution in [2.24, 2.45) is 5.92 Å². The molecule has 1 aromatic rings. The molecule has 1 aromatic carbocycles. The van der Waals surface area contributed by atoms with Crippen LogP contribution in [0, 0.1) is 19.8 Å². The molecule has 3 heteroatoms. The predicted octanol–water partition coefficient (Wildman–Crippen LogP) is 3.14. The fraction of sp³-hybridized carbons (Fsp3) is 0.632. The minimum Gasteiger partial charge on any atom is -0.340 e. The van der Waals surface area contributed by atoms with E-state index in [1.54, 1.807) is 0 Å². The second-order valence-corrected chi connectivity index (χ2v) is 7.01. The Morgan fingerprint density at radius 1 is 1.09 bits per heavy atom. The quantitative estimate of drug-likeness (QED) is 0.856. The van der Waals surface area contributed by atoms with Crippen molar-refractivity contribution in [3.05, 3.63) is 34.9 Å². The zero-order chi connectivity index (χ0) is 15.5. The number of carbonyl (C=O) groups excluding carboxylic acids is 1. The first-order valence-corrected chi connectivity index (χ1v) is 8.71. The van der Waals surface area contributed by atoms with Crippen molar-refractivity contribution >= 4 is 5.91 Å². The number of benzene rings is 1. The Morgan fingerprint density at radius 3 is 2.45 bits per heavy atom. The zero-order valence-electron chi connectivity index (χ0n) is 14.0. The van der Waals surface area contributed by atoms with Crippen LogP contribution in [0.1, 0.15) is 42.4 Å². The molecule has 0 spiro atoms. The highest BCUT2D eigenvalue weighted by Gasteiger charge is 2.29. The number of nitrogens with zero attached hydrogens (tertiary/aromatic N) is 2. The largest absolute Gasteiger partial charge is 0.340 e. The molecular formula is C19H28N2O. The van der Waals surface area contributed by atoms with Gasteiger partial charge in [-0.1, -0.05) is 36.6 Å². The smallest absolute Gasteiger partial charge is 0.225 e. The third kappa shape index (κ3) is 3.52. The van der Waals surface area contributed by atoms with Gasteiger partial charge in [-0.25, -0.2) is 0 Å². The van der Waals surface area contributed by atoms with Gasteiger partial charge in [-0.2, -0.15) is 0 Å². The summed E-state index contributed by atoms with van der Waals surface area (Å²) in [4.78, 5) is 17.1. The average Bonchev–Trinajstić information content (AvgIpc) is 3.05. The van der Waals surface area contributed by atoms with Crippen molar-refractivity contribution in [2.45, 2.75) is 46.1 Å². The molecule has 0 unspecified atom stereocenters. The van der Waals surface area contributed by atoms with E-state index >= 15 is 0 Å². The Bertz CT molecular complexity index is 526. The van der Waals surface area contributed by atoms with E-state index in [2.05, 4.69) is 41.8 Å². The number of rotatable bonds is 3. The van der Waals surface area contributed by atoms with E-state index in [1.165, 1.54) is 29.5 Å². The topological polar surface area (TPSA) is 23.6 Å². The predicted molar refractivity (Wildman–Crippen MR) is 89.7 cm³/mol. The molecule has 2 fully saturated rings. The van der Waals surface area contributed by atoms with Gasteiger partial charge in [0.15, 0.2) is 0 Å². The van der Waals surface area contributed by atoms with Crippen LogP contribution in [0.25, 0.3) is 0 Å². The summed E-state index contributed by atoms with van der Waals surface area (Å²) in [6.07, 6.45) is 4.70. The summed E-state index contributed by atoms with van der Waals surface area (Å²) in [5.41, 5.74) is 4.13. The maximum atomic E-state index is 12.5. The minimum absolute atomic E-state index is 0.325. The van der Waals surface area contributed by atoms with Crippen LogP contribution in [-0.4, -0.2) is 41.9 Å². The van der Waals surface area contributed by atoms with Gasteiger partial charge >= 0.3 is 0 Å². The number of piperazine rings is 1. The van der Waals surface area contributed by atoms with Crippen LogP contribution in [0.3, 0.4) is 0 Å². The van der Waals surface area contributed by atoms with Gasteiger partial charge in [0.25, 0.3) is 0 Å². The third-order valence-electron chi connectivity index (χ3n) is 5.29. The highest BCUT2D eigenvalue weighted by Crippen LogP contribution is 2.27. The van der Waals surface area contributed by atoms with Crippen LogP contribution < -0.4 is 0 Å². The molecule has 3 rings (SSSR count). The maximum Gasteiger partial charge on any atom is 0.225 e. The lowest BCUT2D eigenvalue weighted by Gasteiger charge is -2.36. The lowest BCUT2D eigenvalue weighted by molar-refractivity contribution is -0.137. The van der Waals surface area contributed by atoms with E-state index < -0.39 is 0 Å². The van der Waals surface area contributed by atoms with Crippen molar-refractivity contribution < 1.29 is 4.79 Å². The molecule has 0 bridgehead atoms. The third-order valence-corrected chi connectivity index (χ3v) is 5.29. The van der Waals surface area contributed by atoms with Crippen LogP contribution in [0.5, 0.6) is 0 Å². The van der Waals surface area contributed by atoms with E-state index in [0.29, 0.717) is 11.8 Å². The van der Waals surface area contributed by atoms with Gasteiger partial charge in [-0.15, -0.1) is 0 Å². The van der Waals surface area contributed by atoms with Crippen molar-refractivity contribution in [1.29, 1.82) is 0 Å². The summed E-state index contributed by atoms with van der Waals surface area (Å²) >= 11 is 0. The molecule has 2 aliphatic rings. The SMILES string of the molecule is Cc1ccc(C)c(CN2CCN(C(=O)C3CCCC3)CC2)c1. The summed E-state index contributed by atoms with van der Waals surface area (Å²) in [6, 6.07) is 6.69. The van der Waals surface area contributed by atoms with E-state index in [4.69, 9.17) is 0 Å². The average molecular weight is 300 g/mol. The van der Waals surface area contributed by atoms with E-state index in [1.807, 2.05) is 0 Å². The van der Waals surface area contributed by atoms with Crippen molar-refractivity contribution in [1.82, 2.24) is 9.80 Å². The van der Waals surface area contributed by atoms with Crippen LogP contribution in [0.2, 0.25) is 0 Å². The molecule has 1 saturated heterocycles. The van der Waals surface area contributed by atoms with Crippen LogP contribution in [-0.2, 0) is 11.3 Å². The monoisotopic (exact) mass is 300 g/mol. The van der Waals surface area contributed by atoms with Crippen LogP contribution in [0.15, 0.2) is 18.2 Å². The molecule has 1 heterocycles. The Hall–Kier alpha value is -1.35. The Balaban J connectivity index is 1.53. The molecule has 3 nitrogen and oxygen atoms in total. The van der Waals surface area contributed by atoms with Crippen molar-refractivity contribution in [2.75, 3.05) is 26.2 Å². The number of hydrogen-bond acceptors (Lipinski definition) is 2. The molecule has 1 saturated carbocycles. The van der Waals surface area contributed by atoms with Crippen LogP contribution in [0.4, 0.5) is 0 Å². The molecule has 0 N–H and O–H groups in total. The number of aryl methyl sites for hydroxylation is 2. The Labute approximate surface area is 134 Å². The number of amides is 1. The van der Waals surface area contributed by atoms with E-state index in [9.17, 15) is 4.79 Å². The first-order chi connectivity index (χ1) is 10.6. The molecule has 0 radical (unpaired) electrons. The molecule has 1 aliphatic carbocycles. The fourth-order valence-corrected chi connectivity index (χ4v) is 3.77. The summed E-state index contributed by atoms with van der Waals surface area (Å²) < 4.78 is 0. The van der Waals surface area contributed by atoms with E-state index in [-0.39, 0.29) is 0 Å². The van der Waals surface area contributed by atoms with Gasteiger partial charge < -0.3 is 4.90 Å². The number of carbonyl (C=O) groups is 1.